The van der Waals surface area contributed by atoms with Crippen molar-refractivity contribution in [1.29, 1.82) is 0 Å². The van der Waals surface area contributed by atoms with Crippen molar-refractivity contribution in [2.24, 2.45) is 7.05 Å². The minimum absolute atomic E-state index is 0.00496. The van der Waals surface area contributed by atoms with Gasteiger partial charge in [-0.05, 0) is 12.8 Å². The van der Waals surface area contributed by atoms with Gasteiger partial charge in [0.1, 0.15) is 11.7 Å². The number of nitrogens with zero attached hydrogens (tertiary/aromatic N) is 4. The molecule has 2 atom stereocenters. The second-order valence-electron chi connectivity index (χ2n) is 6.45. The van der Waals surface area contributed by atoms with E-state index < -0.39 is 6.04 Å². The van der Waals surface area contributed by atoms with E-state index in [1.54, 1.807) is 29.9 Å². The summed E-state index contributed by atoms with van der Waals surface area (Å²) >= 11 is 0. The average molecular weight is 351 g/mol. The third kappa shape index (κ3) is 3.55. The lowest BCUT2D eigenvalue weighted by molar-refractivity contribution is -0.134. The van der Waals surface area contributed by atoms with Crippen molar-refractivity contribution >= 4 is 17.6 Å². The molecule has 0 radical (unpaired) electrons. The minimum atomic E-state index is -0.495. The molecule has 138 valence electrons. The Morgan fingerprint density at radius 3 is 2.64 bits per heavy atom. The molecular weight excluding hydrogens is 326 g/mol. The molecule has 1 aromatic heterocycles. The maximum Gasteiger partial charge on any atom is 0.322 e. The van der Waals surface area contributed by atoms with E-state index in [1.165, 1.54) is 7.11 Å². The van der Waals surface area contributed by atoms with Crippen molar-refractivity contribution in [2.45, 2.75) is 31.4 Å². The molecule has 9 nitrogen and oxygen atoms in total. The van der Waals surface area contributed by atoms with E-state index in [0.717, 1.165) is 25.9 Å². The Bertz CT molecular complexity index is 640. The lowest BCUT2D eigenvalue weighted by Gasteiger charge is -2.27. The van der Waals surface area contributed by atoms with Crippen LogP contribution in [0, 0.1) is 0 Å². The lowest BCUT2D eigenvalue weighted by Crippen LogP contribution is -2.48. The van der Waals surface area contributed by atoms with E-state index in [1.807, 2.05) is 4.90 Å². The first-order valence-electron chi connectivity index (χ1n) is 8.50. The van der Waals surface area contributed by atoms with Crippen LogP contribution in [0.4, 0.5) is 10.5 Å². The monoisotopic (exact) mass is 351 g/mol. The van der Waals surface area contributed by atoms with Crippen LogP contribution in [0.5, 0.6) is 5.88 Å². The zero-order valence-electron chi connectivity index (χ0n) is 14.9. The van der Waals surface area contributed by atoms with E-state index in [9.17, 15) is 9.59 Å². The molecule has 0 bridgehead atoms. The lowest BCUT2D eigenvalue weighted by atomic mass is 10.1. The Kier molecular flexibility index (Phi) is 5.12. The summed E-state index contributed by atoms with van der Waals surface area (Å²) in [5.74, 6) is 0.339. The van der Waals surface area contributed by atoms with Gasteiger partial charge in [-0.2, -0.15) is 0 Å². The summed E-state index contributed by atoms with van der Waals surface area (Å²) in [7, 11) is 4.84. The first-order valence-corrected chi connectivity index (χ1v) is 8.50. The zero-order chi connectivity index (χ0) is 18.0. The SMILES string of the molecule is COc1nn(C)cc1NC(=O)N1C[C@@H](OC)C[C@H]1C(=O)N1CCCC1. The van der Waals surface area contributed by atoms with Gasteiger partial charge in [-0.15, -0.1) is 5.10 Å². The number of amides is 3. The summed E-state index contributed by atoms with van der Waals surface area (Å²) in [4.78, 5) is 29.0. The molecule has 0 unspecified atom stereocenters. The van der Waals surface area contributed by atoms with Gasteiger partial charge in [0.15, 0.2) is 0 Å². The number of likely N-dealkylation sites (tertiary alicyclic amines) is 2. The minimum Gasteiger partial charge on any atom is -0.478 e. The number of hydrogen-bond acceptors (Lipinski definition) is 5. The van der Waals surface area contributed by atoms with Crippen molar-refractivity contribution in [3.8, 4) is 5.88 Å². The predicted molar refractivity (Wildman–Crippen MR) is 90.5 cm³/mol. The van der Waals surface area contributed by atoms with E-state index in [0.29, 0.717) is 24.5 Å². The fraction of sp³-hybridized carbons (Fsp3) is 0.688. The smallest absolute Gasteiger partial charge is 0.322 e. The number of aromatic nitrogens is 2. The van der Waals surface area contributed by atoms with Crippen molar-refractivity contribution in [2.75, 3.05) is 39.2 Å². The Labute approximate surface area is 146 Å². The van der Waals surface area contributed by atoms with Crippen molar-refractivity contribution in [1.82, 2.24) is 19.6 Å². The van der Waals surface area contributed by atoms with Crippen molar-refractivity contribution < 1.29 is 19.1 Å². The van der Waals surface area contributed by atoms with E-state index in [4.69, 9.17) is 9.47 Å². The first-order chi connectivity index (χ1) is 12.0. The number of ether oxygens (including phenoxy) is 2. The van der Waals surface area contributed by atoms with Crippen LogP contribution in [-0.2, 0) is 16.6 Å². The number of methoxy groups -OCH3 is 2. The highest BCUT2D eigenvalue weighted by Crippen LogP contribution is 2.26. The molecule has 2 fully saturated rings. The zero-order valence-corrected chi connectivity index (χ0v) is 14.9. The van der Waals surface area contributed by atoms with Crippen LogP contribution in [0.3, 0.4) is 0 Å². The van der Waals surface area contributed by atoms with Gasteiger partial charge >= 0.3 is 6.03 Å². The molecule has 0 spiro atoms. The van der Waals surface area contributed by atoms with Gasteiger partial charge in [-0.1, -0.05) is 0 Å². The van der Waals surface area contributed by atoms with Crippen LogP contribution in [0.15, 0.2) is 6.20 Å². The normalized spacial score (nSPS) is 23.2. The maximum atomic E-state index is 12.8. The molecule has 1 N–H and O–H groups in total. The quantitative estimate of drug-likeness (QED) is 0.861. The Morgan fingerprint density at radius 1 is 1.28 bits per heavy atom. The Hall–Kier alpha value is -2.29. The number of rotatable bonds is 4. The molecule has 2 aliphatic rings. The van der Waals surface area contributed by atoms with Gasteiger partial charge in [0.2, 0.25) is 5.91 Å². The maximum absolute atomic E-state index is 12.8. The highest BCUT2D eigenvalue weighted by atomic mass is 16.5. The second kappa shape index (κ2) is 7.30. The number of nitrogens with one attached hydrogen (secondary N) is 1. The largest absolute Gasteiger partial charge is 0.478 e. The van der Waals surface area contributed by atoms with Gasteiger partial charge in [0.25, 0.3) is 5.88 Å². The predicted octanol–water partition coefficient (Wildman–Crippen LogP) is 0.672. The molecule has 2 aliphatic heterocycles. The summed E-state index contributed by atoms with van der Waals surface area (Å²) in [6.45, 7) is 1.91. The molecule has 3 amide bonds. The number of anilines is 1. The van der Waals surface area contributed by atoms with Crippen LogP contribution in [0.2, 0.25) is 0 Å². The van der Waals surface area contributed by atoms with Crippen molar-refractivity contribution in [3.05, 3.63) is 6.20 Å². The number of carbonyl (C=O) groups excluding carboxylic acids is 2. The topological polar surface area (TPSA) is 88.9 Å². The second-order valence-corrected chi connectivity index (χ2v) is 6.45. The average Bonchev–Trinajstić information content (AvgIpc) is 3.33. The fourth-order valence-electron chi connectivity index (χ4n) is 3.47. The standard InChI is InChI=1S/C16H25N5O4/c1-19-10-12(14(18-19)25-3)17-16(23)21-9-11(24-2)8-13(21)15(22)20-6-4-5-7-20/h10-11,13H,4-9H2,1-3H3,(H,17,23)/t11-,13-/m0/s1. The molecule has 1 aromatic rings. The van der Waals surface area contributed by atoms with Gasteiger partial charge in [0.05, 0.1) is 19.4 Å². The molecule has 0 saturated carbocycles. The summed E-state index contributed by atoms with van der Waals surface area (Å²) in [5.41, 5.74) is 0.475. The molecular formula is C16H25N5O4. The molecule has 25 heavy (non-hydrogen) atoms. The third-order valence-electron chi connectivity index (χ3n) is 4.79. The van der Waals surface area contributed by atoms with Crippen LogP contribution < -0.4 is 10.1 Å². The number of carbonyl (C=O) groups is 2. The van der Waals surface area contributed by atoms with Gasteiger partial charge in [-0.3, -0.25) is 9.48 Å². The fourth-order valence-corrected chi connectivity index (χ4v) is 3.47. The summed E-state index contributed by atoms with van der Waals surface area (Å²) in [5, 5.41) is 6.92. The summed E-state index contributed by atoms with van der Waals surface area (Å²) in [6.07, 6.45) is 4.08. The highest BCUT2D eigenvalue weighted by molar-refractivity contribution is 5.95. The van der Waals surface area contributed by atoms with Crippen LogP contribution >= 0.6 is 0 Å². The summed E-state index contributed by atoms with van der Waals surface area (Å²) in [6, 6.07) is -0.839. The van der Waals surface area contributed by atoms with Gasteiger partial charge in [0, 0.05) is 40.2 Å². The molecule has 3 rings (SSSR count). The highest BCUT2D eigenvalue weighted by Gasteiger charge is 2.42. The third-order valence-corrected chi connectivity index (χ3v) is 4.79. The van der Waals surface area contributed by atoms with E-state index in [2.05, 4.69) is 10.4 Å². The van der Waals surface area contributed by atoms with Gasteiger partial charge < -0.3 is 24.6 Å². The Balaban J connectivity index is 1.74. The number of aryl methyl sites for hydroxylation is 1. The first kappa shape index (κ1) is 17.5. The van der Waals surface area contributed by atoms with Crippen LogP contribution in [-0.4, -0.2) is 77.5 Å². The molecule has 2 saturated heterocycles. The molecule has 9 heteroatoms. The van der Waals surface area contributed by atoms with Gasteiger partial charge in [-0.25, -0.2) is 4.79 Å². The van der Waals surface area contributed by atoms with Crippen LogP contribution in [0.25, 0.3) is 0 Å². The summed E-state index contributed by atoms with van der Waals surface area (Å²) < 4.78 is 12.1. The Morgan fingerprint density at radius 2 is 2.00 bits per heavy atom. The number of urea groups is 1. The number of hydrogen-bond donors (Lipinski definition) is 1. The van der Waals surface area contributed by atoms with E-state index in [-0.39, 0.29) is 18.0 Å². The molecule has 0 aliphatic carbocycles. The molecule has 0 aromatic carbocycles. The van der Waals surface area contributed by atoms with Crippen molar-refractivity contribution in [3.63, 3.8) is 0 Å². The van der Waals surface area contributed by atoms with E-state index >= 15 is 0 Å². The molecule has 3 heterocycles. The van der Waals surface area contributed by atoms with Crippen LogP contribution in [0.1, 0.15) is 19.3 Å².